The molecule has 0 rings (SSSR count). The molecule has 0 radical (unpaired) electrons. The Morgan fingerprint density at radius 2 is 0.750 bits per heavy atom. The zero-order chi connectivity index (χ0) is 41.0. The Morgan fingerprint density at radius 3 is 1.09 bits per heavy atom. The van der Waals surface area contributed by atoms with Crippen LogP contribution in [0, 0.1) is 0 Å². The Morgan fingerprint density at radius 1 is 0.446 bits per heavy atom. The normalized spacial score (nSPS) is 13.2. The highest BCUT2D eigenvalue weighted by molar-refractivity contribution is 5.77. The Bertz CT molecular complexity index is 806. The molecule has 0 spiro atoms. The van der Waals surface area contributed by atoms with Gasteiger partial charge in [0.25, 0.3) is 0 Å². The van der Waals surface area contributed by atoms with Crippen molar-refractivity contribution in [3.05, 3.63) is 0 Å². The van der Waals surface area contributed by atoms with Gasteiger partial charge in [-0.3, -0.25) is 9.59 Å². The number of hydrogen-bond donors (Lipinski definition) is 3. The van der Waals surface area contributed by atoms with Crippen molar-refractivity contribution >= 4 is 11.9 Å². The number of hydrogen-bond acceptors (Lipinski definition) is 5. The van der Waals surface area contributed by atoms with Crippen LogP contribution in [0.5, 0.6) is 0 Å². The maximum Gasteiger partial charge on any atom is 0.306 e. The van der Waals surface area contributed by atoms with Crippen LogP contribution in [0.4, 0.5) is 0 Å². The van der Waals surface area contributed by atoms with E-state index in [0.29, 0.717) is 19.3 Å². The Balaban J connectivity index is 4.37. The van der Waals surface area contributed by atoms with Gasteiger partial charge in [-0.25, -0.2) is 0 Å². The first-order valence-corrected chi connectivity index (χ1v) is 25.3. The van der Waals surface area contributed by atoms with Crippen molar-refractivity contribution in [2.24, 2.45) is 0 Å². The summed E-state index contributed by atoms with van der Waals surface area (Å²) in [5.41, 5.74) is 0. The summed E-state index contributed by atoms with van der Waals surface area (Å²) in [6, 6.07) is -0.690. The number of nitrogens with one attached hydrogen (secondary N) is 1. The highest BCUT2D eigenvalue weighted by atomic mass is 16.5. The number of amides is 1. The number of aliphatic hydroxyl groups is 2. The van der Waals surface area contributed by atoms with E-state index in [0.717, 1.165) is 38.5 Å². The molecule has 3 atom stereocenters. The highest BCUT2D eigenvalue weighted by Gasteiger charge is 2.24. The Labute approximate surface area is 349 Å². The van der Waals surface area contributed by atoms with Crippen LogP contribution >= 0.6 is 0 Å². The third kappa shape index (κ3) is 39.7. The molecule has 0 saturated heterocycles. The first-order valence-electron chi connectivity index (χ1n) is 25.3. The van der Waals surface area contributed by atoms with Gasteiger partial charge in [-0.2, -0.15) is 0 Å². The Hall–Kier alpha value is -1.14. The van der Waals surface area contributed by atoms with Gasteiger partial charge >= 0.3 is 5.97 Å². The molecule has 0 aliphatic carbocycles. The van der Waals surface area contributed by atoms with Crippen molar-refractivity contribution in [3.8, 4) is 0 Å². The quantitative estimate of drug-likeness (QED) is 0.0421. The van der Waals surface area contributed by atoms with E-state index in [4.69, 9.17) is 4.74 Å². The van der Waals surface area contributed by atoms with Crippen LogP contribution in [0.1, 0.15) is 284 Å². The predicted octanol–water partition coefficient (Wildman–Crippen LogP) is 14.8. The molecule has 0 saturated carbocycles. The van der Waals surface area contributed by atoms with Crippen molar-refractivity contribution in [2.75, 3.05) is 6.61 Å². The number of rotatable bonds is 46. The Kier molecular flexibility index (Phi) is 44.0. The van der Waals surface area contributed by atoms with E-state index in [1.807, 2.05) is 0 Å². The lowest BCUT2D eigenvalue weighted by Gasteiger charge is -2.24. The van der Waals surface area contributed by atoms with Crippen LogP contribution in [0.2, 0.25) is 0 Å². The third-order valence-electron chi connectivity index (χ3n) is 11.9. The largest absolute Gasteiger partial charge is 0.462 e. The summed E-state index contributed by atoms with van der Waals surface area (Å²) in [6.45, 7) is 6.49. The average molecular weight is 794 g/mol. The van der Waals surface area contributed by atoms with Crippen molar-refractivity contribution < 1.29 is 24.5 Å². The van der Waals surface area contributed by atoms with E-state index in [2.05, 4.69) is 26.1 Å². The summed E-state index contributed by atoms with van der Waals surface area (Å²) in [4.78, 5) is 26.0. The molecule has 0 aromatic carbocycles. The molecule has 0 fully saturated rings. The zero-order valence-electron chi connectivity index (χ0n) is 38.0. The van der Waals surface area contributed by atoms with Crippen LogP contribution in [0.15, 0.2) is 0 Å². The first kappa shape index (κ1) is 54.9. The number of carbonyl (C=O) groups excluding carboxylic acids is 2. The standard InChI is InChI=1S/C50H99NO5/c1-4-7-10-13-16-19-21-23-25-27-29-31-34-37-40-43-50(55)56-46(41-38-35-32-18-15-12-9-6-3)44-49(54)51-47(45-52)48(53)42-39-36-33-30-28-26-24-22-20-17-14-11-8-5-2/h46-48,52-53H,4-45H2,1-3H3,(H,51,54). The monoisotopic (exact) mass is 794 g/mol. The van der Waals surface area contributed by atoms with Gasteiger partial charge in [-0.1, -0.05) is 245 Å². The molecule has 0 aliphatic rings. The predicted molar refractivity (Wildman–Crippen MR) is 241 cm³/mol. The van der Waals surface area contributed by atoms with E-state index < -0.39 is 18.2 Å². The SMILES string of the molecule is CCCCCCCCCCCCCCCCCC(=O)OC(CCCCCCCCCC)CC(=O)NC(CO)C(O)CCCCCCCCCCCCCCCC. The summed E-state index contributed by atoms with van der Waals surface area (Å²) in [5.74, 6) is -0.456. The van der Waals surface area contributed by atoms with Gasteiger partial charge in [0.1, 0.15) is 6.10 Å². The molecule has 0 aromatic rings. The molecule has 6 heteroatoms. The number of carbonyl (C=O) groups is 2. The van der Waals surface area contributed by atoms with E-state index in [1.54, 1.807) is 0 Å². The number of aliphatic hydroxyl groups excluding tert-OH is 2. The second-order valence-electron chi connectivity index (χ2n) is 17.6. The summed E-state index contributed by atoms with van der Waals surface area (Å²) < 4.78 is 5.91. The third-order valence-corrected chi connectivity index (χ3v) is 11.9. The minimum atomic E-state index is -0.778. The molecular formula is C50H99NO5. The molecule has 56 heavy (non-hydrogen) atoms. The van der Waals surface area contributed by atoms with Crippen LogP contribution in [-0.4, -0.2) is 46.9 Å². The molecule has 3 unspecified atom stereocenters. The maximum atomic E-state index is 13.1. The highest BCUT2D eigenvalue weighted by Crippen LogP contribution is 2.18. The second kappa shape index (κ2) is 45.0. The molecule has 6 nitrogen and oxygen atoms in total. The molecule has 0 bridgehead atoms. The van der Waals surface area contributed by atoms with Crippen molar-refractivity contribution in [3.63, 3.8) is 0 Å². The van der Waals surface area contributed by atoms with Crippen LogP contribution in [-0.2, 0) is 14.3 Å². The van der Waals surface area contributed by atoms with Crippen molar-refractivity contribution in [1.29, 1.82) is 0 Å². The summed E-state index contributed by atoms with van der Waals surface area (Å²) in [7, 11) is 0. The molecule has 0 aromatic heterocycles. The number of esters is 1. The van der Waals surface area contributed by atoms with E-state index in [-0.39, 0.29) is 24.9 Å². The van der Waals surface area contributed by atoms with Gasteiger partial charge in [0, 0.05) is 6.42 Å². The fraction of sp³-hybridized carbons (Fsp3) is 0.960. The van der Waals surface area contributed by atoms with E-state index in [1.165, 1.54) is 199 Å². The van der Waals surface area contributed by atoms with Gasteiger partial charge in [-0.15, -0.1) is 0 Å². The molecule has 0 heterocycles. The second-order valence-corrected chi connectivity index (χ2v) is 17.6. The van der Waals surface area contributed by atoms with Crippen molar-refractivity contribution in [1.82, 2.24) is 5.32 Å². The zero-order valence-corrected chi connectivity index (χ0v) is 38.0. The first-order chi connectivity index (χ1) is 27.5. The minimum absolute atomic E-state index is 0.0865. The van der Waals surface area contributed by atoms with Crippen LogP contribution in [0.3, 0.4) is 0 Å². The molecule has 3 N–H and O–H groups in total. The van der Waals surface area contributed by atoms with E-state index >= 15 is 0 Å². The van der Waals surface area contributed by atoms with Crippen LogP contribution < -0.4 is 5.32 Å². The minimum Gasteiger partial charge on any atom is -0.462 e. The lowest BCUT2D eigenvalue weighted by atomic mass is 10.0. The van der Waals surface area contributed by atoms with Gasteiger partial charge in [0.05, 0.1) is 25.2 Å². The fourth-order valence-corrected chi connectivity index (χ4v) is 8.08. The number of ether oxygens (including phenoxy) is 1. The topological polar surface area (TPSA) is 95.9 Å². The summed E-state index contributed by atoms with van der Waals surface area (Å²) >= 11 is 0. The fourth-order valence-electron chi connectivity index (χ4n) is 8.08. The molecular weight excluding hydrogens is 695 g/mol. The van der Waals surface area contributed by atoms with Gasteiger partial charge in [-0.05, 0) is 25.7 Å². The molecule has 0 aliphatic heterocycles. The maximum absolute atomic E-state index is 13.1. The van der Waals surface area contributed by atoms with Gasteiger partial charge in [0.2, 0.25) is 5.91 Å². The van der Waals surface area contributed by atoms with E-state index in [9.17, 15) is 19.8 Å². The van der Waals surface area contributed by atoms with Gasteiger partial charge in [0.15, 0.2) is 0 Å². The average Bonchev–Trinajstić information content (AvgIpc) is 3.19. The molecule has 334 valence electrons. The van der Waals surface area contributed by atoms with Crippen LogP contribution in [0.25, 0.3) is 0 Å². The summed E-state index contributed by atoms with van der Waals surface area (Å²) in [5, 5.41) is 23.7. The lowest BCUT2D eigenvalue weighted by molar-refractivity contribution is -0.151. The molecule has 1 amide bonds. The summed E-state index contributed by atoms with van der Waals surface area (Å²) in [6.07, 6.45) is 47.4. The lowest BCUT2D eigenvalue weighted by Crippen LogP contribution is -2.46. The van der Waals surface area contributed by atoms with Crippen molar-refractivity contribution in [2.45, 2.75) is 302 Å². The van der Waals surface area contributed by atoms with Gasteiger partial charge < -0.3 is 20.3 Å². The number of unbranched alkanes of at least 4 members (excludes halogenated alkanes) is 34. The smallest absolute Gasteiger partial charge is 0.306 e.